The number of rotatable bonds is 7. The molecule has 5 heteroatoms. The first kappa shape index (κ1) is 19.5. The third-order valence-corrected chi connectivity index (χ3v) is 4.28. The summed E-state index contributed by atoms with van der Waals surface area (Å²) >= 11 is 0. The quantitative estimate of drug-likeness (QED) is 0.750. The van der Waals surface area contributed by atoms with Crippen LogP contribution < -0.4 is 15.4 Å². The maximum atomic E-state index is 12.5. The third kappa shape index (κ3) is 4.85. The Hall–Kier alpha value is -2.82. The van der Waals surface area contributed by atoms with Crippen LogP contribution >= 0.6 is 0 Å². The molecule has 0 aliphatic carbocycles. The standard InChI is InChI=1S/C21H26N2O3/c1-15-8-7-10-17(14-15)23-20(25)21(2,3)19(24)22-13-12-16-9-5-6-11-18(16)26-4/h5-11,14H,12-13H2,1-4H3,(H,22,24)(H,23,25). The highest BCUT2D eigenvalue weighted by atomic mass is 16.5. The number of benzene rings is 2. The SMILES string of the molecule is COc1ccccc1CCNC(=O)C(C)(C)C(=O)Nc1cccc(C)c1. The summed E-state index contributed by atoms with van der Waals surface area (Å²) in [6, 6.07) is 15.2. The molecule has 138 valence electrons. The van der Waals surface area contributed by atoms with Gasteiger partial charge in [-0.2, -0.15) is 0 Å². The zero-order valence-corrected chi connectivity index (χ0v) is 15.8. The number of nitrogens with one attached hydrogen (secondary N) is 2. The van der Waals surface area contributed by atoms with Gasteiger partial charge in [-0.15, -0.1) is 0 Å². The van der Waals surface area contributed by atoms with Crippen molar-refractivity contribution in [3.8, 4) is 5.75 Å². The third-order valence-electron chi connectivity index (χ3n) is 4.28. The van der Waals surface area contributed by atoms with E-state index < -0.39 is 5.41 Å². The van der Waals surface area contributed by atoms with Crippen LogP contribution in [0.5, 0.6) is 5.75 Å². The van der Waals surface area contributed by atoms with Crippen molar-refractivity contribution in [3.63, 3.8) is 0 Å². The number of amides is 2. The summed E-state index contributed by atoms with van der Waals surface area (Å²) in [7, 11) is 1.62. The lowest BCUT2D eigenvalue weighted by Gasteiger charge is -2.23. The van der Waals surface area contributed by atoms with Crippen molar-refractivity contribution in [2.75, 3.05) is 19.0 Å². The molecule has 0 atom stereocenters. The van der Waals surface area contributed by atoms with Gasteiger partial charge in [0.1, 0.15) is 11.2 Å². The van der Waals surface area contributed by atoms with Gasteiger partial charge in [0, 0.05) is 12.2 Å². The van der Waals surface area contributed by atoms with E-state index in [9.17, 15) is 9.59 Å². The van der Waals surface area contributed by atoms with Crippen LogP contribution in [0.15, 0.2) is 48.5 Å². The van der Waals surface area contributed by atoms with Crippen LogP contribution in [0.2, 0.25) is 0 Å². The van der Waals surface area contributed by atoms with Crippen LogP contribution in [-0.4, -0.2) is 25.5 Å². The summed E-state index contributed by atoms with van der Waals surface area (Å²) in [5, 5.41) is 5.66. The van der Waals surface area contributed by atoms with Gasteiger partial charge < -0.3 is 15.4 Å². The van der Waals surface area contributed by atoms with Crippen molar-refractivity contribution in [2.24, 2.45) is 5.41 Å². The second-order valence-corrected chi connectivity index (χ2v) is 6.77. The molecule has 2 aromatic carbocycles. The average Bonchev–Trinajstić information content (AvgIpc) is 2.62. The highest BCUT2D eigenvalue weighted by Crippen LogP contribution is 2.20. The van der Waals surface area contributed by atoms with Gasteiger partial charge in [-0.1, -0.05) is 30.3 Å². The number of carbonyl (C=O) groups is 2. The topological polar surface area (TPSA) is 67.4 Å². The molecule has 0 aromatic heterocycles. The predicted molar refractivity (Wildman–Crippen MR) is 103 cm³/mol. The van der Waals surface area contributed by atoms with Crippen molar-refractivity contribution >= 4 is 17.5 Å². The zero-order valence-electron chi connectivity index (χ0n) is 15.8. The first-order valence-corrected chi connectivity index (χ1v) is 8.63. The first-order chi connectivity index (χ1) is 12.3. The van der Waals surface area contributed by atoms with Gasteiger partial charge in [0.15, 0.2) is 0 Å². The molecule has 0 aliphatic heterocycles. The molecule has 2 rings (SSSR count). The molecule has 0 radical (unpaired) electrons. The minimum atomic E-state index is -1.18. The molecule has 0 heterocycles. The number of ether oxygens (including phenoxy) is 1. The van der Waals surface area contributed by atoms with E-state index in [0.717, 1.165) is 16.9 Å². The fourth-order valence-electron chi connectivity index (χ4n) is 2.55. The molecule has 0 bridgehead atoms. The Morgan fingerprint density at radius 3 is 2.46 bits per heavy atom. The Balaban J connectivity index is 1.93. The van der Waals surface area contributed by atoms with E-state index in [1.54, 1.807) is 27.0 Å². The number of carbonyl (C=O) groups excluding carboxylic acids is 2. The summed E-state index contributed by atoms with van der Waals surface area (Å²) < 4.78 is 5.31. The van der Waals surface area contributed by atoms with Crippen LogP contribution in [0.1, 0.15) is 25.0 Å². The van der Waals surface area contributed by atoms with Crippen LogP contribution in [0.4, 0.5) is 5.69 Å². The molecule has 0 unspecified atom stereocenters. The van der Waals surface area contributed by atoms with E-state index in [2.05, 4.69) is 10.6 Å². The van der Waals surface area contributed by atoms with Gasteiger partial charge in [0.05, 0.1) is 7.11 Å². The first-order valence-electron chi connectivity index (χ1n) is 8.63. The smallest absolute Gasteiger partial charge is 0.239 e. The fraction of sp³-hybridized carbons (Fsp3) is 0.333. The van der Waals surface area contributed by atoms with Gasteiger partial charge in [0.25, 0.3) is 0 Å². The van der Waals surface area contributed by atoms with Crippen molar-refractivity contribution in [3.05, 3.63) is 59.7 Å². The number of aryl methyl sites for hydroxylation is 1. The Bertz CT molecular complexity index is 784. The summed E-state index contributed by atoms with van der Waals surface area (Å²) in [4.78, 5) is 25.0. The molecule has 2 aromatic rings. The maximum absolute atomic E-state index is 12.5. The molecule has 0 saturated carbocycles. The Labute approximate surface area is 154 Å². The molecule has 0 saturated heterocycles. The van der Waals surface area contributed by atoms with Crippen molar-refractivity contribution in [1.82, 2.24) is 5.32 Å². The highest BCUT2D eigenvalue weighted by Gasteiger charge is 2.35. The molecule has 0 aliphatic rings. The molecule has 2 amide bonds. The van der Waals surface area contributed by atoms with E-state index in [1.807, 2.05) is 49.4 Å². The molecule has 0 fully saturated rings. The molecule has 5 nitrogen and oxygen atoms in total. The lowest BCUT2D eigenvalue weighted by Crippen LogP contribution is -2.45. The number of para-hydroxylation sites is 1. The largest absolute Gasteiger partial charge is 0.496 e. The van der Waals surface area contributed by atoms with Crippen LogP contribution in [-0.2, 0) is 16.0 Å². The molecular weight excluding hydrogens is 328 g/mol. The molecule has 0 spiro atoms. The lowest BCUT2D eigenvalue weighted by molar-refractivity contribution is -0.138. The second-order valence-electron chi connectivity index (χ2n) is 6.77. The molecule has 2 N–H and O–H groups in total. The Morgan fingerprint density at radius 2 is 1.77 bits per heavy atom. The van der Waals surface area contributed by atoms with Crippen molar-refractivity contribution < 1.29 is 14.3 Å². The average molecular weight is 354 g/mol. The monoisotopic (exact) mass is 354 g/mol. The Morgan fingerprint density at radius 1 is 1.04 bits per heavy atom. The summed E-state index contributed by atoms with van der Waals surface area (Å²) in [5.74, 6) is 0.147. The summed E-state index contributed by atoms with van der Waals surface area (Å²) in [6.45, 7) is 5.62. The van der Waals surface area contributed by atoms with E-state index in [1.165, 1.54) is 0 Å². The van der Waals surface area contributed by atoms with Gasteiger partial charge in [-0.25, -0.2) is 0 Å². The maximum Gasteiger partial charge on any atom is 0.239 e. The van der Waals surface area contributed by atoms with E-state index in [4.69, 9.17) is 4.74 Å². The van der Waals surface area contributed by atoms with E-state index in [-0.39, 0.29) is 11.8 Å². The number of anilines is 1. The summed E-state index contributed by atoms with van der Waals surface area (Å²) in [6.07, 6.45) is 0.630. The normalized spacial score (nSPS) is 10.9. The zero-order chi connectivity index (χ0) is 19.2. The van der Waals surface area contributed by atoms with Gasteiger partial charge in [-0.05, 0) is 56.5 Å². The van der Waals surface area contributed by atoms with Gasteiger partial charge >= 0.3 is 0 Å². The number of methoxy groups -OCH3 is 1. The molecule has 26 heavy (non-hydrogen) atoms. The number of hydrogen-bond acceptors (Lipinski definition) is 3. The van der Waals surface area contributed by atoms with Crippen LogP contribution in [0.3, 0.4) is 0 Å². The summed E-state index contributed by atoms with van der Waals surface area (Å²) in [5.41, 5.74) is 1.56. The van der Waals surface area contributed by atoms with Gasteiger partial charge in [0.2, 0.25) is 11.8 Å². The second kappa shape index (κ2) is 8.52. The minimum Gasteiger partial charge on any atom is -0.496 e. The van der Waals surface area contributed by atoms with E-state index in [0.29, 0.717) is 18.7 Å². The van der Waals surface area contributed by atoms with Crippen molar-refractivity contribution in [1.29, 1.82) is 0 Å². The van der Waals surface area contributed by atoms with Crippen molar-refractivity contribution in [2.45, 2.75) is 27.2 Å². The molecular formula is C21H26N2O3. The predicted octanol–water partition coefficient (Wildman–Crippen LogP) is 3.33. The van der Waals surface area contributed by atoms with Crippen LogP contribution in [0, 0.1) is 12.3 Å². The van der Waals surface area contributed by atoms with E-state index >= 15 is 0 Å². The van der Waals surface area contributed by atoms with Crippen LogP contribution in [0.25, 0.3) is 0 Å². The lowest BCUT2D eigenvalue weighted by atomic mass is 9.90. The Kier molecular flexibility index (Phi) is 6.39. The minimum absolute atomic E-state index is 0.308. The fourth-order valence-corrected chi connectivity index (χ4v) is 2.55. The highest BCUT2D eigenvalue weighted by molar-refractivity contribution is 6.09. The number of hydrogen-bond donors (Lipinski definition) is 2. The van der Waals surface area contributed by atoms with Gasteiger partial charge in [-0.3, -0.25) is 9.59 Å².